The van der Waals surface area contributed by atoms with Gasteiger partial charge in [-0.05, 0) is 52.3 Å². The highest BCUT2D eigenvalue weighted by atomic mass is 79.9. The van der Waals surface area contributed by atoms with Crippen molar-refractivity contribution in [1.29, 1.82) is 0 Å². The minimum absolute atomic E-state index is 0.793. The van der Waals surface area contributed by atoms with Crippen molar-refractivity contribution in [3.63, 3.8) is 0 Å². The van der Waals surface area contributed by atoms with Crippen LogP contribution < -0.4 is 4.74 Å². The quantitative estimate of drug-likeness (QED) is 0.730. The highest BCUT2D eigenvalue weighted by Crippen LogP contribution is 2.26. The van der Waals surface area contributed by atoms with Gasteiger partial charge in [-0.25, -0.2) is 9.50 Å². The number of halogens is 1. The largest absolute Gasteiger partial charge is 0.497 e. The molecule has 0 aliphatic rings. The zero-order chi connectivity index (χ0) is 12.5. The Morgan fingerprint density at radius 2 is 1.94 bits per heavy atom. The summed E-state index contributed by atoms with van der Waals surface area (Å²) in [5.74, 6) is 1.63. The lowest BCUT2D eigenvalue weighted by molar-refractivity contribution is 0.415. The molecule has 18 heavy (non-hydrogen) atoms. The van der Waals surface area contributed by atoms with Gasteiger partial charge in [-0.2, -0.15) is 5.10 Å². The number of benzene rings is 1. The summed E-state index contributed by atoms with van der Waals surface area (Å²) in [4.78, 5) is 4.49. The van der Waals surface area contributed by atoms with Gasteiger partial charge in [-0.15, -0.1) is 0 Å². The van der Waals surface area contributed by atoms with E-state index in [-0.39, 0.29) is 0 Å². The lowest BCUT2D eigenvalue weighted by Gasteiger charge is -2.02. The van der Waals surface area contributed by atoms with Gasteiger partial charge in [0.15, 0.2) is 5.82 Å². The van der Waals surface area contributed by atoms with Crippen molar-refractivity contribution in [3.8, 4) is 17.1 Å². The van der Waals surface area contributed by atoms with Crippen molar-refractivity contribution in [1.82, 2.24) is 14.6 Å². The van der Waals surface area contributed by atoms with Crippen LogP contribution in [-0.4, -0.2) is 21.7 Å². The molecule has 0 fully saturated rings. The van der Waals surface area contributed by atoms with Crippen LogP contribution in [0.2, 0.25) is 0 Å². The summed E-state index contributed by atoms with van der Waals surface area (Å²) >= 11 is 3.45. The molecule has 5 heteroatoms. The molecule has 0 saturated carbocycles. The molecule has 0 aliphatic heterocycles. The van der Waals surface area contributed by atoms with Crippen LogP contribution in [0.5, 0.6) is 5.75 Å². The van der Waals surface area contributed by atoms with E-state index < -0.39 is 0 Å². The van der Waals surface area contributed by atoms with E-state index in [9.17, 15) is 0 Å². The molecular weight excluding hydrogens is 294 g/mol. The smallest absolute Gasteiger partial charge is 0.162 e. The fourth-order valence-electron chi connectivity index (χ4n) is 1.82. The molecule has 0 amide bonds. The number of methoxy groups -OCH3 is 1. The maximum absolute atomic E-state index is 5.15. The highest BCUT2D eigenvalue weighted by Gasteiger charge is 2.11. The van der Waals surface area contributed by atoms with Crippen LogP contribution in [0.4, 0.5) is 0 Å². The second-order valence-corrected chi connectivity index (χ2v) is 4.53. The number of imidazole rings is 1. The normalized spacial score (nSPS) is 10.8. The summed E-state index contributed by atoms with van der Waals surface area (Å²) in [7, 11) is 1.65. The first kappa shape index (κ1) is 11.2. The summed E-state index contributed by atoms with van der Waals surface area (Å²) in [6.07, 6.45) is 1.74. The summed E-state index contributed by atoms with van der Waals surface area (Å²) in [6, 6.07) is 11.6. The van der Waals surface area contributed by atoms with E-state index in [1.165, 1.54) is 0 Å². The topological polar surface area (TPSA) is 39.4 Å². The predicted octanol–water partition coefficient (Wildman–Crippen LogP) is 3.17. The first-order valence-electron chi connectivity index (χ1n) is 5.43. The Bertz CT molecular complexity index is 691. The molecule has 0 unspecified atom stereocenters. The first-order valence-corrected chi connectivity index (χ1v) is 6.22. The Morgan fingerprint density at radius 3 is 2.67 bits per heavy atom. The van der Waals surface area contributed by atoms with Gasteiger partial charge in [0.2, 0.25) is 0 Å². The number of rotatable bonds is 2. The molecule has 0 spiro atoms. The zero-order valence-corrected chi connectivity index (χ0v) is 11.3. The summed E-state index contributed by atoms with van der Waals surface area (Å²) in [5.41, 5.74) is 1.94. The summed E-state index contributed by atoms with van der Waals surface area (Å²) < 4.78 is 7.75. The number of hydrogen-bond donors (Lipinski definition) is 0. The van der Waals surface area contributed by atoms with E-state index in [2.05, 4.69) is 26.0 Å². The average molecular weight is 304 g/mol. The molecule has 90 valence electrons. The lowest BCUT2D eigenvalue weighted by Crippen LogP contribution is -1.93. The van der Waals surface area contributed by atoms with Crippen LogP contribution in [0.15, 0.2) is 47.2 Å². The Morgan fingerprint density at radius 1 is 1.17 bits per heavy atom. The Hall–Kier alpha value is -1.88. The summed E-state index contributed by atoms with van der Waals surface area (Å²) in [5, 5.41) is 4.31. The molecule has 3 rings (SSSR count). The van der Waals surface area contributed by atoms with Crippen molar-refractivity contribution in [2.45, 2.75) is 0 Å². The minimum atomic E-state index is 0.793. The van der Waals surface area contributed by atoms with E-state index in [4.69, 9.17) is 4.74 Å². The number of ether oxygens (including phenoxy) is 1. The van der Waals surface area contributed by atoms with Crippen molar-refractivity contribution < 1.29 is 4.74 Å². The van der Waals surface area contributed by atoms with Crippen LogP contribution in [0.1, 0.15) is 0 Å². The monoisotopic (exact) mass is 303 g/mol. The average Bonchev–Trinajstić information content (AvgIpc) is 2.77. The van der Waals surface area contributed by atoms with Gasteiger partial charge >= 0.3 is 0 Å². The number of nitrogens with zero attached hydrogens (tertiary/aromatic N) is 3. The van der Waals surface area contributed by atoms with E-state index in [0.717, 1.165) is 27.3 Å². The molecule has 4 nitrogen and oxygen atoms in total. The highest BCUT2D eigenvalue weighted by molar-refractivity contribution is 9.10. The van der Waals surface area contributed by atoms with E-state index >= 15 is 0 Å². The lowest BCUT2D eigenvalue weighted by atomic mass is 10.2. The number of aromatic nitrogens is 3. The van der Waals surface area contributed by atoms with Gasteiger partial charge in [0.05, 0.1) is 12.6 Å². The molecule has 3 aromatic rings. The molecule has 0 aliphatic carbocycles. The van der Waals surface area contributed by atoms with Crippen molar-refractivity contribution >= 4 is 21.4 Å². The fourth-order valence-corrected chi connectivity index (χ4v) is 2.29. The van der Waals surface area contributed by atoms with Crippen LogP contribution in [-0.2, 0) is 0 Å². The van der Waals surface area contributed by atoms with Crippen molar-refractivity contribution in [2.75, 3.05) is 7.11 Å². The Balaban J connectivity index is 2.18. The number of hydrogen-bond acceptors (Lipinski definition) is 3. The van der Waals surface area contributed by atoms with Crippen LogP contribution >= 0.6 is 15.9 Å². The maximum Gasteiger partial charge on any atom is 0.162 e. The predicted molar refractivity (Wildman–Crippen MR) is 72.7 cm³/mol. The Kier molecular flexibility index (Phi) is 2.76. The van der Waals surface area contributed by atoms with E-state index in [1.54, 1.807) is 13.3 Å². The minimum Gasteiger partial charge on any atom is -0.497 e. The van der Waals surface area contributed by atoms with Crippen molar-refractivity contribution in [2.24, 2.45) is 0 Å². The summed E-state index contributed by atoms with van der Waals surface area (Å²) in [6.45, 7) is 0. The van der Waals surface area contributed by atoms with E-state index in [1.807, 2.05) is 40.9 Å². The first-order chi connectivity index (χ1) is 8.79. The molecule has 2 heterocycles. The molecule has 0 bridgehead atoms. The second-order valence-electron chi connectivity index (χ2n) is 3.78. The third kappa shape index (κ3) is 1.76. The third-order valence-corrected chi connectivity index (χ3v) is 3.30. The number of fused-ring (bicyclic) bond motifs is 1. The van der Waals surface area contributed by atoms with Crippen LogP contribution in [0.3, 0.4) is 0 Å². The van der Waals surface area contributed by atoms with Crippen molar-refractivity contribution in [3.05, 3.63) is 47.2 Å². The van der Waals surface area contributed by atoms with Gasteiger partial charge in [-0.3, -0.25) is 0 Å². The molecule has 0 radical (unpaired) electrons. The van der Waals surface area contributed by atoms with Crippen LogP contribution in [0, 0.1) is 0 Å². The molecular formula is C13H10BrN3O. The van der Waals surface area contributed by atoms with Gasteiger partial charge in [0, 0.05) is 11.8 Å². The van der Waals surface area contributed by atoms with Gasteiger partial charge in [0.25, 0.3) is 0 Å². The third-order valence-electron chi connectivity index (χ3n) is 2.71. The molecule has 1 aromatic carbocycles. The maximum atomic E-state index is 5.15. The molecule has 2 aromatic heterocycles. The fraction of sp³-hybridized carbons (Fsp3) is 0.0769. The SMILES string of the molecule is COc1ccc(-c2nc(Br)c3cccnn23)cc1. The molecule has 0 saturated heterocycles. The van der Waals surface area contributed by atoms with Gasteiger partial charge in [0.1, 0.15) is 10.4 Å². The zero-order valence-electron chi connectivity index (χ0n) is 9.67. The molecule has 0 atom stereocenters. The van der Waals surface area contributed by atoms with Gasteiger partial charge < -0.3 is 4.74 Å². The van der Waals surface area contributed by atoms with E-state index in [0.29, 0.717) is 0 Å². The van der Waals surface area contributed by atoms with Crippen LogP contribution in [0.25, 0.3) is 16.9 Å². The molecule has 0 N–H and O–H groups in total. The Labute approximate surface area is 112 Å². The van der Waals surface area contributed by atoms with Gasteiger partial charge in [-0.1, -0.05) is 0 Å². The standard InChI is InChI=1S/C13H10BrN3O/c1-18-10-6-4-9(5-7-10)13-16-12(14)11-3-2-8-15-17(11)13/h2-8H,1H3. The second kappa shape index (κ2) is 4.42.